The van der Waals surface area contributed by atoms with Crippen LogP contribution in [0.25, 0.3) is 0 Å². The Morgan fingerprint density at radius 3 is 2.76 bits per heavy atom. The van der Waals surface area contributed by atoms with Crippen molar-refractivity contribution in [1.82, 2.24) is 0 Å². The summed E-state index contributed by atoms with van der Waals surface area (Å²) in [5.41, 5.74) is 3.51. The Morgan fingerprint density at radius 2 is 2.24 bits per heavy atom. The molecule has 0 unspecified atom stereocenters. The van der Waals surface area contributed by atoms with Crippen LogP contribution in [0.15, 0.2) is 36.0 Å². The molecule has 0 radical (unpaired) electrons. The van der Waals surface area contributed by atoms with Crippen LogP contribution in [-0.4, -0.2) is 12.8 Å². The van der Waals surface area contributed by atoms with Crippen LogP contribution in [0.4, 0.5) is 0 Å². The zero-order valence-corrected chi connectivity index (χ0v) is 11.2. The van der Waals surface area contributed by atoms with Gasteiger partial charge in [-0.15, -0.1) is 0 Å². The monoisotopic (exact) mass is 231 g/mol. The summed E-state index contributed by atoms with van der Waals surface area (Å²) in [6, 6.07) is 6.29. The van der Waals surface area contributed by atoms with Gasteiger partial charge in [0.25, 0.3) is 0 Å². The summed E-state index contributed by atoms with van der Waals surface area (Å²) in [7, 11) is 1.71. The molecule has 0 saturated heterocycles. The van der Waals surface area contributed by atoms with Crippen LogP contribution < -0.4 is 4.74 Å². The van der Waals surface area contributed by atoms with Gasteiger partial charge < -0.3 is 4.74 Å². The highest BCUT2D eigenvalue weighted by Gasteiger charge is 2.15. The predicted octanol–water partition coefficient (Wildman–Crippen LogP) is 4.10. The van der Waals surface area contributed by atoms with E-state index in [0.717, 1.165) is 17.9 Å². The van der Waals surface area contributed by atoms with Crippen molar-refractivity contribution in [2.24, 2.45) is 4.99 Å². The first-order chi connectivity index (χ1) is 8.13. The van der Waals surface area contributed by atoms with Crippen LogP contribution in [-0.2, 0) is 0 Å². The van der Waals surface area contributed by atoms with Crippen LogP contribution in [0, 0.1) is 6.92 Å². The molecule has 1 aromatic rings. The summed E-state index contributed by atoms with van der Waals surface area (Å²) in [4.78, 5) is 4.34. The van der Waals surface area contributed by atoms with Crippen molar-refractivity contribution < 1.29 is 4.74 Å². The quantitative estimate of drug-likeness (QED) is 0.699. The third-order valence-corrected chi connectivity index (χ3v) is 2.97. The van der Waals surface area contributed by atoms with Gasteiger partial charge in [-0.25, -0.2) is 0 Å². The Morgan fingerprint density at radius 1 is 1.53 bits per heavy atom. The number of hydrogen-bond acceptors (Lipinski definition) is 2. The van der Waals surface area contributed by atoms with Gasteiger partial charge in [-0.1, -0.05) is 32.6 Å². The Bertz CT molecular complexity index is 421. The zero-order chi connectivity index (χ0) is 12.8. The van der Waals surface area contributed by atoms with Crippen LogP contribution >= 0.6 is 0 Å². The number of aliphatic imine (C=N–C) groups is 1. The number of hydrogen-bond donors (Lipinski definition) is 0. The van der Waals surface area contributed by atoms with E-state index in [1.54, 1.807) is 13.3 Å². The Hall–Kier alpha value is -1.57. The second-order valence-electron chi connectivity index (χ2n) is 4.12. The summed E-state index contributed by atoms with van der Waals surface area (Å²) in [5.74, 6) is 1.19. The molecule has 1 atom stereocenters. The molecule has 0 heterocycles. The lowest BCUT2D eigenvalue weighted by Crippen LogP contribution is -2.09. The average molecular weight is 231 g/mol. The number of aryl methyl sites for hydroxylation is 1. The fourth-order valence-electron chi connectivity index (χ4n) is 1.98. The Kier molecular flexibility index (Phi) is 4.95. The third-order valence-electron chi connectivity index (χ3n) is 2.97. The lowest BCUT2D eigenvalue weighted by molar-refractivity contribution is 0.409. The highest BCUT2D eigenvalue weighted by Crippen LogP contribution is 2.29. The Balaban J connectivity index is 3.14. The first-order valence-corrected chi connectivity index (χ1v) is 5.96. The van der Waals surface area contributed by atoms with E-state index in [1.165, 1.54) is 11.1 Å². The van der Waals surface area contributed by atoms with Gasteiger partial charge in [0.05, 0.1) is 7.11 Å². The molecule has 0 aromatic heterocycles. The maximum absolute atomic E-state index is 5.44. The second-order valence-corrected chi connectivity index (χ2v) is 4.12. The van der Waals surface area contributed by atoms with E-state index in [2.05, 4.69) is 50.5 Å². The van der Waals surface area contributed by atoms with E-state index < -0.39 is 0 Å². The van der Waals surface area contributed by atoms with Crippen LogP contribution in [0.5, 0.6) is 5.75 Å². The molecular weight excluding hydrogens is 210 g/mol. The molecule has 92 valence electrons. The molecule has 0 aliphatic rings. The second kappa shape index (κ2) is 6.24. The van der Waals surface area contributed by atoms with Crippen molar-refractivity contribution in [2.75, 3.05) is 7.11 Å². The van der Waals surface area contributed by atoms with E-state index in [4.69, 9.17) is 4.74 Å². The highest BCUT2D eigenvalue weighted by molar-refractivity contribution is 5.91. The molecule has 0 spiro atoms. The molecule has 0 amide bonds. The summed E-state index contributed by atoms with van der Waals surface area (Å²) in [5, 5.41) is 0. The summed E-state index contributed by atoms with van der Waals surface area (Å²) in [6.07, 6.45) is 2.53. The maximum atomic E-state index is 5.44. The molecule has 1 rings (SSSR count). The summed E-state index contributed by atoms with van der Waals surface area (Å²) in [6.45, 7) is 9.99. The van der Waals surface area contributed by atoms with Crippen LogP contribution in [0.1, 0.15) is 37.3 Å². The molecule has 0 aliphatic heterocycles. The predicted molar refractivity (Wildman–Crippen MR) is 74.1 cm³/mol. The molecule has 2 heteroatoms. The van der Waals surface area contributed by atoms with Gasteiger partial charge in [-0.2, -0.15) is 0 Å². The molecule has 2 nitrogen and oxygen atoms in total. The van der Waals surface area contributed by atoms with E-state index in [0.29, 0.717) is 0 Å². The minimum Gasteiger partial charge on any atom is -0.496 e. The van der Waals surface area contributed by atoms with Crippen molar-refractivity contribution in [3.8, 4) is 5.75 Å². The van der Waals surface area contributed by atoms with E-state index in [-0.39, 0.29) is 5.92 Å². The normalized spacial score (nSPS) is 13.3. The smallest absolute Gasteiger partial charge is 0.122 e. The molecule has 17 heavy (non-hydrogen) atoms. The van der Waals surface area contributed by atoms with Gasteiger partial charge in [0.15, 0.2) is 0 Å². The Labute approximate surface area is 104 Å². The standard InChI is InChI=1S/C15H21NO/c1-6-14(16-7-2)12(4)13-9-8-11(3)10-15(13)17-5/h7-10,12H,2,6H2,1,3-5H3/t12-/m1/s1. The molecule has 0 saturated carbocycles. The largest absolute Gasteiger partial charge is 0.496 e. The summed E-state index contributed by atoms with van der Waals surface area (Å²) < 4.78 is 5.44. The molecule has 0 N–H and O–H groups in total. The van der Waals surface area contributed by atoms with Gasteiger partial charge in [-0.3, -0.25) is 4.99 Å². The van der Waals surface area contributed by atoms with Crippen molar-refractivity contribution in [3.63, 3.8) is 0 Å². The van der Waals surface area contributed by atoms with E-state index >= 15 is 0 Å². The molecule has 0 fully saturated rings. The van der Waals surface area contributed by atoms with Gasteiger partial charge in [-0.05, 0) is 25.0 Å². The number of rotatable bonds is 5. The molecule has 0 bridgehead atoms. The number of methoxy groups -OCH3 is 1. The topological polar surface area (TPSA) is 21.6 Å². The molecule has 0 aliphatic carbocycles. The van der Waals surface area contributed by atoms with E-state index in [9.17, 15) is 0 Å². The minimum absolute atomic E-state index is 0.258. The van der Waals surface area contributed by atoms with E-state index in [1.807, 2.05) is 0 Å². The fourth-order valence-corrected chi connectivity index (χ4v) is 1.98. The fraction of sp³-hybridized carbons (Fsp3) is 0.400. The first kappa shape index (κ1) is 13.5. The maximum Gasteiger partial charge on any atom is 0.122 e. The van der Waals surface area contributed by atoms with Crippen molar-refractivity contribution in [2.45, 2.75) is 33.1 Å². The third kappa shape index (κ3) is 3.19. The van der Waals surface area contributed by atoms with Gasteiger partial charge in [0.1, 0.15) is 5.75 Å². The van der Waals surface area contributed by atoms with Crippen molar-refractivity contribution in [3.05, 3.63) is 42.1 Å². The van der Waals surface area contributed by atoms with Crippen LogP contribution in [0.3, 0.4) is 0 Å². The lowest BCUT2D eigenvalue weighted by Gasteiger charge is -2.17. The van der Waals surface area contributed by atoms with Gasteiger partial charge in [0.2, 0.25) is 0 Å². The SMILES string of the molecule is C=CN=C(CC)[C@H](C)c1ccc(C)cc1OC. The van der Waals surface area contributed by atoms with Gasteiger partial charge >= 0.3 is 0 Å². The average Bonchev–Trinajstić information content (AvgIpc) is 2.34. The van der Waals surface area contributed by atoms with Gasteiger partial charge in [0, 0.05) is 23.4 Å². The zero-order valence-electron chi connectivity index (χ0n) is 11.2. The molecule has 1 aromatic carbocycles. The first-order valence-electron chi connectivity index (χ1n) is 5.96. The highest BCUT2D eigenvalue weighted by atomic mass is 16.5. The number of benzene rings is 1. The van der Waals surface area contributed by atoms with Crippen LogP contribution in [0.2, 0.25) is 0 Å². The minimum atomic E-state index is 0.258. The summed E-state index contributed by atoms with van der Waals surface area (Å²) >= 11 is 0. The molecular formula is C15H21NO. The number of ether oxygens (including phenoxy) is 1. The number of nitrogens with zero attached hydrogens (tertiary/aromatic N) is 1. The van der Waals surface area contributed by atoms with Crippen molar-refractivity contribution in [1.29, 1.82) is 0 Å². The lowest BCUT2D eigenvalue weighted by atomic mass is 9.93. The van der Waals surface area contributed by atoms with Crippen molar-refractivity contribution >= 4 is 5.71 Å².